The number of benzene rings is 1. The van der Waals surface area contributed by atoms with Crippen LogP contribution in [0.1, 0.15) is 11.3 Å². The van der Waals surface area contributed by atoms with Gasteiger partial charge >= 0.3 is 0 Å². The first kappa shape index (κ1) is 11.1. The lowest BCUT2D eigenvalue weighted by molar-refractivity contribution is 0.805. The standard InChI is InChI=1S/C12H7Cl3N2/c13-8-1-2-10-7(3-8)5-17-6-9(14)4-11(17)12(15)16-10/h1-4,6H,5H2. The van der Waals surface area contributed by atoms with E-state index in [1.54, 1.807) is 6.07 Å². The van der Waals surface area contributed by atoms with Gasteiger partial charge in [0.1, 0.15) is 0 Å². The second-order valence-corrected chi connectivity index (χ2v) is 5.08. The van der Waals surface area contributed by atoms with E-state index in [0.29, 0.717) is 21.8 Å². The molecule has 1 aromatic carbocycles. The van der Waals surface area contributed by atoms with Crippen LogP contribution in [-0.2, 0) is 6.54 Å². The summed E-state index contributed by atoms with van der Waals surface area (Å²) in [6, 6.07) is 7.38. The van der Waals surface area contributed by atoms with Crippen LogP contribution in [0.25, 0.3) is 0 Å². The molecule has 0 saturated carbocycles. The fourth-order valence-electron chi connectivity index (χ4n) is 1.91. The molecule has 2 heterocycles. The zero-order chi connectivity index (χ0) is 12.0. The van der Waals surface area contributed by atoms with Gasteiger partial charge in [-0.2, -0.15) is 0 Å². The van der Waals surface area contributed by atoms with Crippen molar-refractivity contribution >= 4 is 45.7 Å². The van der Waals surface area contributed by atoms with Crippen molar-refractivity contribution in [3.05, 3.63) is 51.8 Å². The molecular formula is C12H7Cl3N2. The van der Waals surface area contributed by atoms with E-state index < -0.39 is 0 Å². The monoisotopic (exact) mass is 284 g/mol. The molecule has 2 nitrogen and oxygen atoms in total. The smallest absolute Gasteiger partial charge is 0.153 e. The molecule has 2 aromatic rings. The van der Waals surface area contributed by atoms with E-state index in [2.05, 4.69) is 4.99 Å². The summed E-state index contributed by atoms with van der Waals surface area (Å²) >= 11 is 18.1. The first-order valence-corrected chi connectivity index (χ1v) is 6.15. The van der Waals surface area contributed by atoms with Gasteiger partial charge in [-0.1, -0.05) is 34.8 Å². The zero-order valence-electron chi connectivity index (χ0n) is 8.62. The highest BCUT2D eigenvalue weighted by molar-refractivity contribution is 6.69. The number of nitrogens with zero attached hydrogens (tertiary/aromatic N) is 2. The van der Waals surface area contributed by atoms with Gasteiger partial charge in [0.15, 0.2) is 5.17 Å². The van der Waals surface area contributed by atoms with Crippen molar-refractivity contribution in [1.29, 1.82) is 0 Å². The molecule has 1 aromatic heterocycles. The average molecular weight is 286 g/mol. The van der Waals surface area contributed by atoms with Gasteiger partial charge in [0.25, 0.3) is 0 Å². The Morgan fingerprint density at radius 1 is 1.06 bits per heavy atom. The number of halogens is 3. The second kappa shape index (κ2) is 4.05. The third kappa shape index (κ3) is 1.97. The average Bonchev–Trinajstić information content (AvgIpc) is 2.58. The molecule has 0 radical (unpaired) electrons. The highest BCUT2D eigenvalue weighted by atomic mass is 35.5. The normalized spacial score (nSPS) is 13.7. The van der Waals surface area contributed by atoms with Crippen LogP contribution in [0.3, 0.4) is 0 Å². The summed E-state index contributed by atoms with van der Waals surface area (Å²) in [7, 11) is 0. The van der Waals surface area contributed by atoms with Crippen molar-refractivity contribution in [3.63, 3.8) is 0 Å². The molecule has 1 aliphatic rings. The summed E-state index contributed by atoms with van der Waals surface area (Å²) in [5, 5.41) is 1.79. The molecule has 3 rings (SSSR count). The number of aromatic nitrogens is 1. The Kier molecular flexibility index (Phi) is 2.66. The Hall–Kier alpha value is -0.960. The molecule has 0 aliphatic carbocycles. The fourth-order valence-corrected chi connectivity index (χ4v) is 2.58. The predicted octanol–water partition coefficient (Wildman–Crippen LogP) is 4.47. The minimum absolute atomic E-state index is 0.443. The summed E-state index contributed by atoms with van der Waals surface area (Å²) in [4.78, 5) is 4.38. The second-order valence-electron chi connectivity index (χ2n) is 3.85. The van der Waals surface area contributed by atoms with E-state index >= 15 is 0 Å². The summed E-state index contributed by atoms with van der Waals surface area (Å²) in [6.45, 7) is 0.664. The van der Waals surface area contributed by atoms with Gasteiger partial charge in [0.2, 0.25) is 0 Å². The van der Waals surface area contributed by atoms with Crippen LogP contribution < -0.4 is 0 Å². The Morgan fingerprint density at radius 3 is 2.71 bits per heavy atom. The van der Waals surface area contributed by atoms with E-state index in [1.165, 1.54) is 0 Å². The highest BCUT2D eigenvalue weighted by Crippen LogP contribution is 2.30. The van der Waals surface area contributed by atoms with Crippen molar-refractivity contribution in [2.24, 2.45) is 4.99 Å². The first-order valence-electron chi connectivity index (χ1n) is 5.02. The van der Waals surface area contributed by atoms with Gasteiger partial charge in [-0.15, -0.1) is 0 Å². The van der Waals surface area contributed by atoms with Gasteiger partial charge in [0.05, 0.1) is 16.4 Å². The number of fused-ring (bicyclic) bond motifs is 2. The highest BCUT2D eigenvalue weighted by Gasteiger charge is 2.16. The lowest BCUT2D eigenvalue weighted by Gasteiger charge is -2.05. The quantitative estimate of drug-likeness (QED) is 0.679. The first-order chi connectivity index (χ1) is 8.13. The summed E-state index contributed by atoms with van der Waals surface area (Å²) in [5.74, 6) is 0. The molecule has 5 heteroatoms. The minimum Gasteiger partial charge on any atom is -0.339 e. The van der Waals surface area contributed by atoms with E-state index in [-0.39, 0.29) is 0 Å². The number of hydrogen-bond donors (Lipinski definition) is 0. The van der Waals surface area contributed by atoms with Crippen molar-refractivity contribution in [2.75, 3.05) is 0 Å². The van der Waals surface area contributed by atoms with Crippen LogP contribution in [-0.4, -0.2) is 9.74 Å². The van der Waals surface area contributed by atoms with Crippen LogP contribution >= 0.6 is 34.8 Å². The van der Waals surface area contributed by atoms with Gasteiger partial charge in [-0.3, -0.25) is 0 Å². The maximum Gasteiger partial charge on any atom is 0.153 e. The molecule has 17 heavy (non-hydrogen) atoms. The maximum atomic E-state index is 6.17. The fraction of sp³-hybridized carbons (Fsp3) is 0.0833. The molecule has 0 N–H and O–H groups in total. The molecular weight excluding hydrogens is 279 g/mol. The van der Waals surface area contributed by atoms with Crippen LogP contribution in [0, 0.1) is 0 Å². The molecule has 86 valence electrons. The molecule has 0 spiro atoms. The third-order valence-corrected chi connectivity index (χ3v) is 3.40. The topological polar surface area (TPSA) is 17.3 Å². The van der Waals surface area contributed by atoms with Crippen LogP contribution in [0.4, 0.5) is 5.69 Å². The Morgan fingerprint density at radius 2 is 1.88 bits per heavy atom. The van der Waals surface area contributed by atoms with Crippen molar-refractivity contribution < 1.29 is 0 Å². The Balaban J connectivity index is 2.22. The minimum atomic E-state index is 0.443. The van der Waals surface area contributed by atoms with Gasteiger partial charge in [0, 0.05) is 17.8 Å². The van der Waals surface area contributed by atoms with Crippen LogP contribution in [0.2, 0.25) is 10.0 Å². The summed E-state index contributed by atoms with van der Waals surface area (Å²) in [6.07, 6.45) is 1.84. The molecule has 0 amide bonds. The lowest BCUT2D eigenvalue weighted by atomic mass is 10.2. The number of aliphatic imine (C=N–C) groups is 1. The van der Waals surface area contributed by atoms with Crippen LogP contribution in [0.15, 0.2) is 35.5 Å². The largest absolute Gasteiger partial charge is 0.339 e. The van der Waals surface area contributed by atoms with Crippen molar-refractivity contribution in [3.8, 4) is 0 Å². The van der Waals surface area contributed by atoms with Crippen molar-refractivity contribution in [2.45, 2.75) is 6.54 Å². The maximum absolute atomic E-state index is 6.17. The SMILES string of the molecule is ClC1=Nc2ccc(Cl)cc2Cn2cc(Cl)cc21. The van der Waals surface area contributed by atoms with Gasteiger partial charge in [-0.05, 0) is 29.8 Å². The zero-order valence-corrected chi connectivity index (χ0v) is 10.9. The number of hydrogen-bond acceptors (Lipinski definition) is 1. The molecule has 0 saturated heterocycles. The third-order valence-electron chi connectivity index (χ3n) is 2.68. The van der Waals surface area contributed by atoms with E-state index in [1.807, 2.05) is 29.0 Å². The molecule has 0 bridgehead atoms. The lowest BCUT2D eigenvalue weighted by Crippen LogP contribution is -2.02. The molecule has 0 fully saturated rings. The van der Waals surface area contributed by atoms with Gasteiger partial charge < -0.3 is 4.57 Å². The Labute approximate surface area is 113 Å². The molecule has 0 atom stereocenters. The predicted molar refractivity (Wildman–Crippen MR) is 72.0 cm³/mol. The van der Waals surface area contributed by atoms with E-state index in [9.17, 15) is 0 Å². The molecule has 0 unspecified atom stereocenters. The van der Waals surface area contributed by atoms with Crippen molar-refractivity contribution in [1.82, 2.24) is 4.57 Å². The van der Waals surface area contributed by atoms with Gasteiger partial charge in [-0.25, -0.2) is 4.99 Å². The summed E-state index contributed by atoms with van der Waals surface area (Å²) in [5.41, 5.74) is 2.70. The number of rotatable bonds is 0. The van der Waals surface area contributed by atoms with E-state index in [0.717, 1.165) is 16.9 Å². The van der Waals surface area contributed by atoms with Crippen LogP contribution in [0.5, 0.6) is 0 Å². The summed E-state index contributed by atoms with van der Waals surface area (Å²) < 4.78 is 1.97. The Bertz CT molecular complexity index is 629. The van der Waals surface area contributed by atoms with E-state index in [4.69, 9.17) is 34.8 Å². The molecule has 1 aliphatic heterocycles.